The summed E-state index contributed by atoms with van der Waals surface area (Å²) in [5, 5.41) is 2.93. The minimum atomic E-state index is -4.36. The lowest BCUT2D eigenvalue weighted by Gasteiger charge is -2.31. The molecule has 1 saturated heterocycles. The molecule has 4 nitrogen and oxygen atoms in total. The van der Waals surface area contributed by atoms with Gasteiger partial charge in [0.1, 0.15) is 18.0 Å². The van der Waals surface area contributed by atoms with Crippen LogP contribution in [0.1, 0.15) is 25.3 Å². The van der Waals surface area contributed by atoms with Crippen LogP contribution < -0.4 is 10.2 Å². The second kappa shape index (κ2) is 6.67. The molecule has 1 N–H and O–H groups in total. The van der Waals surface area contributed by atoms with Crippen molar-refractivity contribution in [2.24, 2.45) is 5.92 Å². The van der Waals surface area contributed by atoms with Crippen molar-refractivity contribution in [2.75, 3.05) is 23.3 Å². The Labute approximate surface area is 138 Å². The number of rotatable bonds is 3. The molecule has 0 aliphatic carbocycles. The highest BCUT2D eigenvalue weighted by atomic mass is 19.4. The first-order valence-corrected chi connectivity index (χ1v) is 7.93. The zero-order valence-electron chi connectivity index (χ0n) is 13.3. The van der Waals surface area contributed by atoms with Gasteiger partial charge in [-0.2, -0.15) is 13.2 Å². The van der Waals surface area contributed by atoms with Gasteiger partial charge in [0.15, 0.2) is 0 Å². The van der Waals surface area contributed by atoms with E-state index in [0.717, 1.165) is 37.5 Å². The molecular formula is C17H19F3N4. The van der Waals surface area contributed by atoms with Crippen molar-refractivity contribution in [1.82, 2.24) is 9.97 Å². The molecule has 0 spiro atoms. The fourth-order valence-electron chi connectivity index (χ4n) is 2.91. The molecule has 1 aromatic heterocycles. The topological polar surface area (TPSA) is 41.0 Å². The van der Waals surface area contributed by atoms with Crippen molar-refractivity contribution >= 4 is 17.3 Å². The van der Waals surface area contributed by atoms with E-state index in [1.54, 1.807) is 12.1 Å². The average Bonchev–Trinajstić information content (AvgIpc) is 2.55. The van der Waals surface area contributed by atoms with Crippen LogP contribution in [0.5, 0.6) is 0 Å². The lowest BCUT2D eigenvalue weighted by Crippen LogP contribution is -2.34. The lowest BCUT2D eigenvalue weighted by atomic mass is 10.0. The van der Waals surface area contributed by atoms with E-state index in [4.69, 9.17) is 0 Å². The van der Waals surface area contributed by atoms with Crippen LogP contribution in [-0.2, 0) is 6.18 Å². The van der Waals surface area contributed by atoms with Gasteiger partial charge >= 0.3 is 6.18 Å². The summed E-state index contributed by atoms with van der Waals surface area (Å²) in [6.45, 7) is 4.07. The first kappa shape index (κ1) is 16.5. The summed E-state index contributed by atoms with van der Waals surface area (Å²) in [6, 6.07) is 6.86. The lowest BCUT2D eigenvalue weighted by molar-refractivity contribution is -0.137. The van der Waals surface area contributed by atoms with Gasteiger partial charge in [-0.25, -0.2) is 9.97 Å². The number of piperidine rings is 1. The molecular weight excluding hydrogens is 317 g/mol. The molecule has 128 valence electrons. The number of hydrogen-bond donors (Lipinski definition) is 1. The van der Waals surface area contributed by atoms with E-state index < -0.39 is 11.7 Å². The fraction of sp³-hybridized carbons (Fsp3) is 0.412. The first-order valence-electron chi connectivity index (χ1n) is 7.93. The highest BCUT2D eigenvalue weighted by molar-refractivity contribution is 5.60. The third-order valence-corrected chi connectivity index (χ3v) is 4.10. The minimum Gasteiger partial charge on any atom is -0.356 e. The highest BCUT2D eigenvalue weighted by Gasteiger charge is 2.30. The van der Waals surface area contributed by atoms with Crippen molar-refractivity contribution in [3.05, 3.63) is 42.2 Å². The van der Waals surface area contributed by atoms with Gasteiger partial charge in [0.25, 0.3) is 0 Å². The van der Waals surface area contributed by atoms with Crippen LogP contribution >= 0.6 is 0 Å². The monoisotopic (exact) mass is 336 g/mol. The molecule has 1 aliphatic heterocycles. The summed E-state index contributed by atoms with van der Waals surface area (Å²) in [4.78, 5) is 10.6. The second-order valence-corrected chi connectivity index (χ2v) is 6.16. The zero-order chi connectivity index (χ0) is 17.2. The number of hydrogen-bond acceptors (Lipinski definition) is 4. The number of halogens is 3. The third-order valence-electron chi connectivity index (χ3n) is 4.10. The molecule has 0 saturated carbocycles. The maximum atomic E-state index is 12.8. The molecule has 24 heavy (non-hydrogen) atoms. The first-order chi connectivity index (χ1) is 11.4. The minimum absolute atomic E-state index is 0.349. The smallest absolute Gasteiger partial charge is 0.356 e. The molecule has 2 aromatic rings. The van der Waals surface area contributed by atoms with Crippen LogP contribution in [0.3, 0.4) is 0 Å². The summed E-state index contributed by atoms with van der Waals surface area (Å²) in [5.74, 6) is 1.89. The molecule has 7 heteroatoms. The summed E-state index contributed by atoms with van der Waals surface area (Å²) in [5.41, 5.74) is -0.340. The van der Waals surface area contributed by atoms with E-state index in [1.165, 1.54) is 18.8 Å². The molecule has 1 aromatic carbocycles. The summed E-state index contributed by atoms with van der Waals surface area (Å²) < 4.78 is 38.4. The van der Waals surface area contributed by atoms with Crippen molar-refractivity contribution in [2.45, 2.75) is 25.9 Å². The van der Waals surface area contributed by atoms with E-state index in [-0.39, 0.29) is 0 Å². The number of alkyl halides is 3. The summed E-state index contributed by atoms with van der Waals surface area (Å²) in [7, 11) is 0. The van der Waals surface area contributed by atoms with E-state index in [0.29, 0.717) is 17.4 Å². The Bertz CT molecular complexity index is 702. The number of nitrogens with zero attached hydrogens (tertiary/aromatic N) is 3. The Morgan fingerprint density at radius 2 is 2.04 bits per heavy atom. The summed E-state index contributed by atoms with van der Waals surface area (Å²) >= 11 is 0. The van der Waals surface area contributed by atoms with Crippen LogP contribution in [0.4, 0.5) is 30.5 Å². The van der Waals surface area contributed by atoms with E-state index in [2.05, 4.69) is 27.1 Å². The third kappa shape index (κ3) is 3.96. The van der Waals surface area contributed by atoms with Gasteiger partial charge < -0.3 is 10.2 Å². The number of aromatic nitrogens is 2. The SMILES string of the molecule is CC1CCCN(c2cc(Nc3cccc(C(F)(F)F)c3)ncn2)C1. The van der Waals surface area contributed by atoms with Crippen molar-refractivity contribution < 1.29 is 13.2 Å². The van der Waals surface area contributed by atoms with Crippen LogP contribution in [0.25, 0.3) is 0 Å². The van der Waals surface area contributed by atoms with E-state index in [9.17, 15) is 13.2 Å². The maximum Gasteiger partial charge on any atom is 0.416 e. The van der Waals surface area contributed by atoms with Crippen LogP contribution in [0.2, 0.25) is 0 Å². The van der Waals surface area contributed by atoms with Crippen molar-refractivity contribution in [1.29, 1.82) is 0 Å². The molecule has 1 fully saturated rings. The number of benzene rings is 1. The Hall–Kier alpha value is -2.31. The largest absolute Gasteiger partial charge is 0.416 e. The Balaban J connectivity index is 1.77. The van der Waals surface area contributed by atoms with E-state index >= 15 is 0 Å². The zero-order valence-corrected chi connectivity index (χ0v) is 13.3. The average molecular weight is 336 g/mol. The Morgan fingerprint density at radius 3 is 2.79 bits per heavy atom. The predicted octanol–water partition coefficient (Wildman–Crippen LogP) is 4.48. The molecule has 1 aliphatic rings. The molecule has 2 heterocycles. The van der Waals surface area contributed by atoms with E-state index in [1.807, 2.05) is 0 Å². The van der Waals surface area contributed by atoms with Crippen molar-refractivity contribution in [3.63, 3.8) is 0 Å². The summed E-state index contributed by atoms with van der Waals surface area (Å²) in [6.07, 6.45) is -0.610. The number of anilines is 3. The van der Waals surface area contributed by atoms with Crippen molar-refractivity contribution in [3.8, 4) is 0 Å². The van der Waals surface area contributed by atoms with Crippen LogP contribution in [-0.4, -0.2) is 23.1 Å². The number of nitrogens with one attached hydrogen (secondary N) is 1. The van der Waals surface area contributed by atoms with Gasteiger partial charge in [-0.05, 0) is 37.0 Å². The molecule has 1 atom stereocenters. The maximum absolute atomic E-state index is 12.8. The van der Waals surface area contributed by atoms with Crippen LogP contribution in [0, 0.1) is 5.92 Å². The molecule has 0 radical (unpaired) electrons. The fourth-order valence-corrected chi connectivity index (χ4v) is 2.91. The normalized spacial score (nSPS) is 18.5. The van der Waals surface area contributed by atoms with Gasteiger partial charge in [-0.15, -0.1) is 0 Å². The predicted molar refractivity (Wildman–Crippen MR) is 87.4 cm³/mol. The quantitative estimate of drug-likeness (QED) is 0.897. The molecule has 3 rings (SSSR count). The Kier molecular flexibility index (Phi) is 4.59. The second-order valence-electron chi connectivity index (χ2n) is 6.16. The van der Waals surface area contributed by atoms with Gasteiger partial charge in [-0.3, -0.25) is 0 Å². The van der Waals surface area contributed by atoms with Gasteiger partial charge in [0.2, 0.25) is 0 Å². The molecule has 0 amide bonds. The van der Waals surface area contributed by atoms with Gasteiger partial charge in [-0.1, -0.05) is 13.0 Å². The molecule has 0 bridgehead atoms. The Morgan fingerprint density at radius 1 is 1.21 bits per heavy atom. The van der Waals surface area contributed by atoms with Crippen LogP contribution in [0.15, 0.2) is 36.7 Å². The standard InChI is InChI=1S/C17H19F3N4/c1-12-4-3-7-24(10-12)16-9-15(21-11-22-16)23-14-6-2-5-13(8-14)17(18,19)20/h2,5-6,8-9,11-12H,3-4,7,10H2,1H3,(H,21,22,23). The van der Waals surface area contributed by atoms with Gasteiger partial charge in [0.05, 0.1) is 5.56 Å². The molecule has 1 unspecified atom stereocenters. The highest BCUT2D eigenvalue weighted by Crippen LogP contribution is 2.31. The van der Waals surface area contributed by atoms with Gasteiger partial charge in [0, 0.05) is 24.8 Å².